The number of urea groups is 1. The summed E-state index contributed by atoms with van der Waals surface area (Å²) in [6, 6.07) is 17.7. The minimum Gasteiger partial charge on any atom is -0.494 e. The number of ether oxygens (including phenoxy) is 4. The molecule has 3 aromatic carbocycles. The maximum atomic E-state index is 12.8. The highest BCUT2D eigenvalue weighted by atomic mass is 16.6. The summed E-state index contributed by atoms with van der Waals surface area (Å²) in [6.45, 7) is 2.46. The summed E-state index contributed by atoms with van der Waals surface area (Å²) in [4.78, 5) is 62.6. The molecule has 0 spiro atoms. The molecule has 0 saturated carbocycles. The molecule has 0 heterocycles. The fourth-order valence-corrected chi connectivity index (χ4v) is 4.30. The number of rotatable bonds is 13. The van der Waals surface area contributed by atoms with Crippen LogP contribution in [0.2, 0.25) is 0 Å². The molecule has 0 saturated heterocycles. The van der Waals surface area contributed by atoms with Crippen molar-refractivity contribution in [3.05, 3.63) is 77.9 Å². The smallest absolute Gasteiger partial charge is 0.331 e. The van der Waals surface area contributed by atoms with Crippen molar-refractivity contribution in [3.63, 3.8) is 0 Å². The van der Waals surface area contributed by atoms with Crippen LogP contribution < -0.4 is 25.6 Å². The third-order valence-corrected chi connectivity index (χ3v) is 6.57. The molecule has 3 rings (SSSR count). The first kappa shape index (κ1) is 34.1. The zero-order valence-corrected chi connectivity index (χ0v) is 25.7. The Morgan fingerprint density at radius 1 is 0.778 bits per heavy atom. The number of amides is 4. The van der Waals surface area contributed by atoms with Gasteiger partial charge >= 0.3 is 18.0 Å². The van der Waals surface area contributed by atoms with Gasteiger partial charge in [0.25, 0.3) is 0 Å². The van der Waals surface area contributed by atoms with Crippen molar-refractivity contribution < 1.29 is 42.9 Å². The van der Waals surface area contributed by atoms with Crippen LogP contribution in [0.25, 0.3) is 0 Å². The van der Waals surface area contributed by atoms with Gasteiger partial charge in [-0.3, -0.25) is 19.3 Å². The van der Waals surface area contributed by atoms with E-state index in [-0.39, 0.29) is 12.3 Å². The summed E-state index contributed by atoms with van der Waals surface area (Å²) >= 11 is 0. The number of para-hydroxylation sites is 1. The Kier molecular flexibility index (Phi) is 12.4. The molecule has 0 aliphatic rings. The monoisotopic (exact) mass is 620 g/mol. The van der Waals surface area contributed by atoms with E-state index in [9.17, 15) is 24.0 Å². The zero-order valence-electron chi connectivity index (χ0n) is 25.7. The van der Waals surface area contributed by atoms with Crippen LogP contribution in [-0.4, -0.2) is 64.3 Å². The molecule has 0 unspecified atom stereocenters. The molecule has 3 aromatic rings. The Labute approximate surface area is 260 Å². The van der Waals surface area contributed by atoms with Crippen LogP contribution in [0.15, 0.2) is 66.7 Å². The van der Waals surface area contributed by atoms with Crippen LogP contribution in [0.1, 0.15) is 30.5 Å². The molecule has 45 heavy (non-hydrogen) atoms. The van der Waals surface area contributed by atoms with Gasteiger partial charge in [0.05, 0.1) is 45.2 Å². The van der Waals surface area contributed by atoms with Crippen molar-refractivity contribution in [1.29, 1.82) is 0 Å². The van der Waals surface area contributed by atoms with Gasteiger partial charge in [-0.15, -0.1) is 0 Å². The Morgan fingerprint density at radius 2 is 1.42 bits per heavy atom. The standard InChI is InChI=1S/C32H36N4O9/c1-20-8-6-7-9-25(20)34-32(41)35-26-15-14-24(16-28(26)42-3)36(21(2)37)23-12-10-22(11-13-23)27(17-30(39)43-4)33-29(38)18-45-19-31(40)44-5/h6-16,27H,17-19H2,1-5H3,(H,33,38)(H2,34,35,41)/t27-/m1/s1. The number of anilines is 4. The normalized spacial score (nSPS) is 11.0. The zero-order chi connectivity index (χ0) is 32.9. The Hall–Kier alpha value is -5.43. The molecule has 0 radical (unpaired) electrons. The number of methoxy groups -OCH3 is 3. The number of carbonyl (C=O) groups is 5. The van der Waals surface area contributed by atoms with E-state index < -0.39 is 43.1 Å². The summed E-state index contributed by atoms with van der Waals surface area (Å²) in [7, 11) is 3.89. The van der Waals surface area contributed by atoms with Gasteiger partial charge in [0.1, 0.15) is 19.0 Å². The molecular weight excluding hydrogens is 584 g/mol. The van der Waals surface area contributed by atoms with Gasteiger partial charge in [-0.1, -0.05) is 30.3 Å². The average molecular weight is 621 g/mol. The number of carbonyl (C=O) groups excluding carboxylic acids is 5. The van der Waals surface area contributed by atoms with Gasteiger partial charge in [0.15, 0.2) is 0 Å². The molecule has 3 N–H and O–H groups in total. The van der Waals surface area contributed by atoms with Crippen molar-refractivity contribution in [3.8, 4) is 5.75 Å². The predicted molar refractivity (Wildman–Crippen MR) is 166 cm³/mol. The number of benzene rings is 3. The summed E-state index contributed by atoms with van der Waals surface area (Å²) in [5, 5.41) is 8.26. The largest absolute Gasteiger partial charge is 0.494 e. The summed E-state index contributed by atoms with van der Waals surface area (Å²) in [6.07, 6.45) is -0.169. The predicted octanol–water partition coefficient (Wildman–Crippen LogP) is 4.24. The van der Waals surface area contributed by atoms with Crippen LogP contribution in [-0.2, 0) is 33.4 Å². The van der Waals surface area contributed by atoms with E-state index in [1.165, 1.54) is 33.2 Å². The molecular formula is C32H36N4O9. The molecule has 1 atom stereocenters. The highest BCUT2D eigenvalue weighted by Gasteiger charge is 2.22. The summed E-state index contributed by atoms with van der Waals surface area (Å²) < 4.78 is 19.8. The maximum Gasteiger partial charge on any atom is 0.331 e. The van der Waals surface area contributed by atoms with E-state index in [0.717, 1.165) is 5.56 Å². The van der Waals surface area contributed by atoms with Crippen LogP contribution in [0.4, 0.5) is 27.5 Å². The number of hydrogen-bond donors (Lipinski definition) is 3. The molecule has 13 heteroatoms. The third-order valence-electron chi connectivity index (χ3n) is 6.57. The van der Waals surface area contributed by atoms with Crippen molar-refractivity contribution >= 4 is 52.5 Å². The van der Waals surface area contributed by atoms with E-state index in [1.807, 2.05) is 25.1 Å². The molecule has 0 aliphatic heterocycles. The quantitative estimate of drug-likeness (QED) is 0.237. The van der Waals surface area contributed by atoms with Gasteiger partial charge < -0.3 is 34.9 Å². The lowest BCUT2D eigenvalue weighted by molar-refractivity contribution is -0.147. The van der Waals surface area contributed by atoms with E-state index >= 15 is 0 Å². The number of hydrogen-bond acceptors (Lipinski definition) is 9. The number of nitrogens with one attached hydrogen (secondary N) is 3. The maximum absolute atomic E-state index is 12.8. The third kappa shape index (κ3) is 9.79. The first-order valence-electron chi connectivity index (χ1n) is 13.8. The molecule has 238 valence electrons. The van der Waals surface area contributed by atoms with Gasteiger partial charge in [-0.05, 0) is 48.4 Å². The summed E-state index contributed by atoms with van der Waals surface area (Å²) in [5.74, 6) is -1.73. The minimum absolute atomic E-state index is 0.169. The van der Waals surface area contributed by atoms with Crippen LogP contribution in [0.5, 0.6) is 5.75 Å². The van der Waals surface area contributed by atoms with Crippen LogP contribution >= 0.6 is 0 Å². The number of nitrogens with zero attached hydrogens (tertiary/aromatic N) is 1. The Balaban J connectivity index is 1.79. The second kappa shape index (κ2) is 16.4. The first-order valence-corrected chi connectivity index (χ1v) is 13.8. The lowest BCUT2D eigenvalue weighted by Gasteiger charge is -2.24. The van der Waals surface area contributed by atoms with E-state index in [4.69, 9.17) is 14.2 Å². The molecule has 0 aliphatic carbocycles. The van der Waals surface area contributed by atoms with Crippen molar-refractivity contribution in [2.75, 3.05) is 50.1 Å². The van der Waals surface area contributed by atoms with Gasteiger partial charge in [0, 0.05) is 24.4 Å². The molecule has 0 aromatic heterocycles. The second-order valence-electron chi connectivity index (χ2n) is 9.69. The summed E-state index contributed by atoms with van der Waals surface area (Å²) in [5.41, 5.74) is 3.49. The average Bonchev–Trinajstić information content (AvgIpc) is 3.02. The topological polar surface area (TPSA) is 162 Å². The number of aryl methyl sites for hydroxylation is 1. The molecule has 0 fully saturated rings. The van der Waals surface area contributed by atoms with Gasteiger partial charge in [-0.25, -0.2) is 9.59 Å². The lowest BCUT2D eigenvalue weighted by atomic mass is 10.0. The fourth-order valence-electron chi connectivity index (χ4n) is 4.30. The highest BCUT2D eigenvalue weighted by Crippen LogP contribution is 2.34. The van der Waals surface area contributed by atoms with Crippen molar-refractivity contribution in [2.24, 2.45) is 0 Å². The molecule has 4 amide bonds. The molecule has 0 bridgehead atoms. The Bertz CT molecular complexity index is 1530. The first-order chi connectivity index (χ1) is 21.6. The highest BCUT2D eigenvalue weighted by molar-refractivity contribution is 6.03. The van der Waals surface area contributed by atoms with Crippen molar-refractivity contribution in [1.82, 2.24) is 5.32 Å². The molecule has 13 nitrogen and oxygen atoms in total. The van der Waals surface area contributed by atoms with Crippen LogP contribution in [0, 0.1) is 6.92 Å². The van der Waals surface area contributed by atoms with Gasteiger partial charge in [-0.2, -0.15) is 0 Å². The second-order valence-corrected chi connectivity index (χ2v) is 9.69. The van der Waals surface area contributed by atoms with Crippen LogP contribution in [0.3, 0.4) is 0 Å². The number of esters is 2. The van der Waals surface area contributed by atoms with E-state index in [2.05, 4.69) is 20.7 Å². The Morgan fingerprint density at radius 3 is 2.04 bits per heavy atom. The SMILES string of the molecule is COC(=O)COCC(=O)N[C@H](CC(=O)OC)c1ccc(N(C(C)=O)c2ccc(NC(=O)Nc3ccccc3C)c(OC)c2)cc1. The fraction of sp³-hybridized carbons (Fsp3) is 0.281. The minimum atomic E-state index is -0.775. The van der Waals surface area contributed by atoms with Crippen molar-refractivity contribution in [2.45, 2.75) is 26.3 Å². The lowest BCUT2D eigenvalue weighted by Crippen LogP contribution is -2.34. The van der Waals surface area contributed by atoms with Gasteiger partial charge in [0.2, 0.25) is 11.8 Å². The van der Waals surface area contributed by atoms with E-state index in [0.29, 0.717) is 34.1 Å². The van der Waals surface area contributed by atoms with E-state index in [1.54, 1.807) is 48.5 Å².